The highest BCUT2D eigenvalue weighted by Gasteiger charge is 2.37. The molecular weight excluding hydrogens is 398 g/mol. The summed E-state index contributed by atoms with van der Waals surface area (Å²) >= 11 is 0. The van der Waals surface area contributed by atoms with Gasteiger partial charge in [0.15, 0.2) is 0 Å². The fraction of sp³-hybridized carbons (Fsp3) is 0.273. The first-order chi connectivity index (χ1) is 15.1. The van der Waals surface area contributed by atoms with Gasteiger partial charge in [0.2, 0.25) is 5.91 Å². The summed E-state index contributed by atoms with van der Waals surface area (Å²) in [5.41, 5.74) is 2.26. The Balaban J connectivity index is 1.50. The normalized spacial score (nSPS) is 17.9. The minimum Gasteiger partial charge on any atom is -0.461 e. The van der Waals surface area contributed by atoms with E-state index in [1.165, 1.54) is 0 Å². The van der Waals surface area contributed by atoms with Crippen molar-refractivity contribution in [2.24, 2.45) is 5.10 Å². The number of hydrogen-bond donors (Lipinski definition) is 2. The predicted molar refractivity (Wildman–Crippen MR) is 117 cm³/mol. The standard InChI is InChI=1S/C22H23N5O4/c1-2-31-21(29)18-14-19(27(25-18)17-6-4-3-5-7-17)20(28)24-15-8-10-16(11-9-15)26-13-12-23-22(26)30/h3-11,19H,2,12-14H2,1H3,(H,23,30)(H,24,28). The summed E-state index contributed by atoms with van der Waals surface area (Å²) in [6.45, 7) is 3.17. The smallest absolute Gasteiger partial charge is 0.354 e. The van der Waals surface area contributed by atoms with Crippen molar-refractivity contribution >= 4 is 40.7 Å². The first-order valence-corrected chi connectivity index (χ1v) is 10.1. The van der Waals surface area contributed by atoms with Gasteiger partial charge in [-0.3, -0.25) is 14.7 Å². The number of para-hydroxylation sites is 1. The Labute approximate surface area is 179 Å². The van der Waals surface area contributed by atoms with Crippen molar-refractivity contribution in [1.82, 2.24) is 5.32 Å². The van der Waals surface area contributed by atoms with Gasteiger partial charge in [0, 0.05) is 30.9 Å². The van der Waals surface area contributed by atoms with Crippen LogP contribution < -0.4 is 20.5 Å². The minimum atomic E-state index is -0.689. The van der Waals surface area contributed by atoms with Gasteiger partial charge in [-0.1, -0.05) is 18.2 Å². The van der Waals surface area contributed by atoms with Crippen LogP contribution in [0.2, 0.25) is 0 Å². The lowest BCUT2D eigenvalue weighted by Gasteiger charge is -2.23. The van der Waals surface area contributed by atoms with E-state index in [0.717, 1.165) is 5.69 Å². The van der Waals surface area contributed by atoms with Crippen molar-refractivity contribution in [2.45, 2.75) is 19.4 Å². The van der Waals surface area contributed by atoms with E-state index in [4.69, 9.17) is 4.74 Å². The number of carbonyl (C=O) groups is 3. The third-order valence-corrected chi connectivity index (χ3v) is 5.05. The molecule has 2 heterocycles. The summed E-state index contributed by atoms with van der Waals surface area (Å²) in [7, 11) is 0. The molecule has 2 aliphatic heterocycles. The fourth-order valence-electron chi connectivity index (χ4n) is 3.54. The number of ether oxygens (including phenoxy) is 1. The second-order valence-electron chi connectivity index (χ2n) is 7.09. The zero-order valence-corrected chi connectivity index (χ0v) is 17.1. The summed E-state index contributed by atoms with van der Waals surface area (Å²) in [5, 5.41) is 11.5. The molecule has 1 fully saturated rings. The maximum atomic E-state index is 13.1. The number of nitrogens with one attached hydrogen (secondary N) is 2. The highest BCUT2D eigenvalue weighted by Crippen LogP contribution is 2.26. The number of hydrogen-bond acceptors (Lipinski definition) is 6. The molecule has 4 rings (SSSR count). The van der Waals surface area contributed by atoms with Crippen LogP contribution in [0.3, 0.4) is 0 Å². The van der Waals surface area contributed by atoms with Gasteiger partial charge in [-0.15, -0.1) is 0 Å². The van der Waals surface area contributed by atoms with E-state index in [2.05, 4.69) is 15.7 Å². The van der Waals surface area contributed by atoms with Crippen molar-refractivity contribution in [2.75, 3.05) is 34.9 Å². The Morgan fingerprint density at radius 2 is 1.87 bits per heavy atom. The van der Waals surface area contributed by atoms with Crippen LogP contribution in [-0.2, 0) is 14.3 Å². The van der Waals surface area contributed by atoms with Crippen molar-refractivity contribution in [1.29, 1.82) is 0 Å². The zero-order chi connectivity index (χ0) is 21.8. The molecule has 0 radical (unpaired) electrons. The number of benzene rings is 2. The summed E-state index contributed by atoms with van der Waals surface area (Å²) < 4.78 is 5.06. The number of rotatable bonds is 6. The molecule has 2 aromatic carbocycles. The third kappa shape index (κ3) is 4.35. The van der Waals surface area contributed by atoms with Crippen molar-refractivity contribution in [3.8, 4) is 0 Å². The summed E-state index contributed by atoms with van der Waals surface area (Å²) in [6, 6.07) is 15.4. The van der Waals surface area contributed by atoms with Crippen LogP contribution in [-0.4, -0.2) is 49.4 Å². The molecule has 2 aliphatic rings. The SMILES string of the molecule is CCOC(=O)C1=NN(c2ccccc2)C(C(=O)Nc2ccc(N3CCNC3=O)cc2)C1. The van der Waals surface area contributed by atoms with Gasteiger partial charge in [-0.25, -0.2) is 9.59 Å². The molecule has 0 saturated carbocycles. The van der Waals surface area contributed by atoms with Crippen LogP contribution in [0.25, 0.3) is 0 Å². The molecule has 3 amide bonds. The van der Waals surface area contributed by atoms with Gasteiger partial charge in [-0.2, -0.15) is 5.10 Å². The average molecular weight is 421 g/mol. The molecule has 2 N–H and O–H groups in total. The molecule has 0 aromatic heterocycles. The van der Waals surface area contributed by atoms with E-state index in [9.17, 15) is 14.4 Å². The number of esters is 1. The Morgan fingerprint density at radius 1 is 1.13 bits per heavy atom. The van der Waals surface area contributed by atoms with Crippen LogP contribution in [0.4, 0.5) is 21.9 Å². The van der Waals surface area contributed by atoms with Crippen LogP contribution >= 0.6 is 0 Å². The first-order valence-electron chi connectivity index (χ1n) is 10.1. The van der Waals surface area contributed by atoms with Gasteiger partial charge < -0.3 is 15.4 Å². The van der Waals surface area contributed by atoms with Crippen LogP contribution in [0.1, 0.15) is 13.3 Å². The highest BCUT2D eigenvalue weighted by atomic mass is 16.5. The monoisotopic (exact) mass is 421 g/mol. The summed E-state index contributed by atoms with van der Waals surface area (Å²) in [5.74, 6) is -0.814. The Hall–Kier alpha value is -3.88. The van der Waals surface area contributed by atoms with Gasteiger partial charge in [0.25, 0.3) is 0 Å². The molecule has 1 unspecified atom stereocenters. The first kappa shape index (κ1) is 20.4. The molecule has 0 bridgehead atoms. The van der Waals surface area contributed by atoms with Gasteiger partial charge >= 0.3 is 12.0 Å². The number of hydrazone groups is 1. The molecule has 2 aromatic rings. The Morgan fingerprint density at radius 3 is 2.52 bits per heavy atom. The van der Waals surface area contributed by atoms with Crippen molar-refractivity contribution in [3.63, 3.8) is 0 Å². The number of amides is 3. The van der Waals surface area contributed by atoms with Gasteiger partial charge in [0.1, 0.15) is 11.8 Å². The summed E-state index contributed by atoms with van der Waals surface area (Å²) in [6.07, 6.45) is 0.144. The van der Waals surface area contributed by atoms with E-state index < -0.39 is 12.0 Å². The second-order valence-corrected chi connectivity index (χ2v) is 7.09. The van der Waals surface area contributed by atoms with E-state index >= 15 is 0 Å². The molecule has 0 spiro atoms. The minimum absolute atomic E-state index is 0.134. The number of anilines is 3. The molecular formula is C22H23N5O4. The maximum absolute atomic E-state index is 13.1. The van der Waals surface area contributed by atoms with Crippen LogP contribution in [0.15, 0.2) is 59.7 Å². The molecule has 1 atom stereocenters. The number of carbonyl (C=O) groups excluding carboxylic acids is 3. The average Bonchev–Trinajstić information content (AvgIpc) is 3.42. The quantitative estimate of drug-likeness (QED) is 0.697. The lowest BCUT2D eigenvalue weighted by atomic mass is 10.1. The molecule has 1 saturated heterocycles. The number of urea groups is 1. The molecule has 9 heteroatoms. The predicted octanol–water partition coefficient (Wildman–Crippen LogP) is 2.35. The van der Waals surface area contributed by atoms with Crippen molar-refractivity contribution in [3.05, 3.63) is 54.6 Å². The van der Waals surface area contributed by atoms with E-state index in [0.29, 0.717) is 24.5 Å². The number of nitrogens with zero attached hydrogens (tertiary/aromatic N) is 3. The van der Waals surface area contributed by atoms with Gasteiger partial charge in [0.05, 0.1) is 12.3 Å². The van der Waals surface area contributed by atoms with Crippen molar-refractivity contribution < 1.29 is 19.1 Å². The highest BCUT2D eigenvalue weighted by molar-refractivity contribution is 6.38. The lowest BCUT2D eigenvalue weighted by Crippen LogP contribution is -2.38. The fourth-order valence-corrected chi connectivity index (χ4v) is 3.54. The van der Waals surface area contributed by atoms with Gasteiger partial charge in [-0.05, 0) is 43.3 Å². The van der Waals surface area contributed by atoms with E-state index in [-0.39, 0.29) is 30.7 Å². The topological polar surface area (TPSA) is 103 Å². The molecule has 31 heavy (non-hydrogen) atoms. The Bertz CT molecular complexity index is 1010. The largest absolute Gasteiger partial charge is 0.461 e. The maximum Gasteiger partial charge on any atom is 0.354 e. The van der Waals surface area contributed by atoms with Crippen LogP contribution in [0.5, 0.6) is 0 Å². The molecule has 160 valence electrons. The second kappa shape index (κ2) is 8.86. The third-order valence-electron chi connectivity index (χ3n) is 5.05. The molecule has 0 aliphatic carbocycles. The molecule has 9 nitrogen and oxygen atoms in total. The van der Waals surface area contributed by atoms with E-state index in [1.807, 2.05) is 30.3 Å². The zero-order valence-electron chi connectivity index (χ0n) is 17.1. The van der Waals surface area contributed by atoms with E-state index in [1.54, 1.807) is 41.1 Å². The van der Waals surface area contributed by atoms with Crippen LogP contribution in [0, 0.1) is 0 Å². The summed E-state index contributed by atoms with van der Waals surface area (Å²) in [4.78, 5) is 38.7. The Kier molecular flexibility index (Phi) is 5.83. The lowest BCUT2D eigenvalue weighted by molar-refractivity contribution is -0.135.